The lowest BCUT2D eigenvalue weighted by Crippen LogP contribution is -2.45. The number of fused-ring (bicyclic) bond motifs is 5. The first kappa shape index (κ1) is 26.4. The molecule has 1 aromatic carbocycles. The number of nitrogens with zero attached hydrogens (tertiary/aromatic N) is 2. The van der Waals surface area contributed by atoms with E-state index in [1.54, 1.807) is 12.1 Å². The third kappa shape index (κ3) is 4.76. The number of benzene rings is 1. The molecule has 8 heteroatoms. The Balaban J connectivity index is 1.14. The Bertz CT molecular complexity index is 1240. The van der Waals surface area contributed by atoms with Crippen LogP contribution in [-0.4, -0.2) is 66.4 Å². The summed E-state index contributed by atoms with van der Waals surface area (Å²) in [6.45, 7) is 5.90. The van der Waals surface area contributed by atoms with E-state index < -0.39 is 5.41 Å². The number of ether oxygens (including phenoxy) is 1. The summed E-state index contributed by atoms with van der Waals surface area (Å²) in [6.07, 6.45) is 9.01. The second-order valence-corrected chi connectivity index (χ2v) is 12.0. The number of rotatable bonds is 4. The number of hydrogen-bond donors (Lipinski definition) is 2. The van der Waals surface area contributed by atoms with Crippen molar-refractivity contribution >= 4 is 17.5 Å². The Hall–Kier alpha value is -2.84. The summed E-state index contributed by atoms with van der Waals surface area (Å²) in [6, 6.07) is 5.35. The summed E-state index contributed by atoms with van der Waals surface area (Å²) in [5.74, 6) is 0.679. The van der Waals surface area contributed by atoms with Crippen molar-refractivity contribution in [1.29, 1.82) is 0 Å². The van der Waals surface area contributed by atoms with Gasteiger partial charge >= 0.3 is 0 Å². The number of aliphatic imine (C=N–C) groups is 1. The molecule has 1 saturated heterocycles. The monoisotopic (exact) mass is 535 g/mol. The quantitative estimate of drug-likeness (QED) is 0.448. The summed E-state index contributed by atoms with van der Waals surface area (Å²) in [5.41, 5.74) is 2.20. The van der Waals surface area contributed by atoms with Crippen LogP contribution in [0.4, 0.5) is 4.39 Å². The molecule has 208 valence electrons. The van der Waals surface area contributed by atoms with Crippen LogP contribution in [0.15, 0.2) is 47.2 Å². The molecular formula is C31H38FN3O4. The first-order valence-corrected chi connectivity index (χ1v) is 14.4. The van der Waals surface area contributed by atoms with Crippen LogP contribution in [0, 0.1) is 29.0 Å². The van der Waals surface area contributed by atoms with Crippen LogP contribution in [0.5, 0.6) is 0 Å². The van der Waals surface area contributed by atoms with E-state index in [-0.39, 0.29) is 53.6 Å². The van der Waals surface area contributed by atoms with Crippen molar-refractivity contribution in [2.24, 2.45) is 28.2 Å². The number of carbonyl (C=O) groups excluding carboxylic acids is 2. The molecule has 0 radical (unpaired) electrons. The van der Waals surface area contributed by atoms with Crippen molar-refractivity contribution in [2.45, 2.75) is 57.4 Å². The van der Waals surface area contributed by atoms with Crippen molar-refractivity contribution in [2.75, 3.05) is 32.8 Å². The van der Waals surface area contributed by atoms with Gasteiger partial charge in [-0.15, -0.1) is 0 Å². The summed E-state index contributed by atoms with van der Waals surface area (Å²) in [7, 11) is 0. The van der Waals surface area contributed by atoms with Crippen LogP contribution in [0.2, 0.25) is 0 Å². The number of nitrogens with one attached hydrogen (secondary N) is 1. The maximum atomic E-state index is 13.9. The van der Waals surface area contributed by atoms with Crippen molar-refractivity contribution in [3.05, 3.63) is 59.1 Å². The van der Waals surface area contributed by atoms with E-state index in [9.17, 15) is 19.1 Å². The van der Waals surface area contributed by atoms with Gasteiger partial charge in [0.2, 0.25) is 5.91 Å². The smallest absolute Gasteiger partial charge is 0.225 e. The maximum absolute atomic E-state index is 13.9. The van der Waals surface area contributed by atoms with Crippen molar-refractivity contribution in [1.82, 2.24) is 10.2 Å². The second-order valence-electron chi connectivity index (χ2n) is 12.0. The molecule has 4 unspecified atom stereocenters. The molecule has 2 N–H and O–H groups in total. The van der Waals surface area contributed by atoms with Crippen LogP contribution >= 0.6 is 0 Å². The van der Waals surface area contributed by atoms with Gasteiger partial charge in [0, 0.05) is 36.5 Å². The van der Waals surface area contributed by atoms with E-state index in [1.807, 2.05) is 19.1 Å². The van der Waals surface area contributed by atoms with Gasteiger partial charge in [-0.2, -0.15) is 0 Å². The number of allylic oxidation sites excluding steroid dienone is 1. The van der Waals surface area contributed by atoms with Gasteiger partial charge in [0.15, 0.2) is 5.78 Å². The third-order valence-corrected chi connectivity index (χ3v) is 10.1. The number of carbonyl (C=O) groups is 2. The predicted molar refractivity (Wildman–Crippen MR) is 146 cm³/mol. The molecule has 2 aliphatic heterocycles. The van der Waals surface area contributed by atoms with E-state index in [0.717, 1.165) is 63.8 Å². The Morgan fingerprint density at radius 3 is 2.87 bits per heavy atom. The maximum Gasteiger partial charge on any atom is 0.225 e. The van der Waals surface area contributed by atoms with E-state index in [0.29, 0.717) is 24.4 Å². The number of aryl methyl sites for hydroxylation is 1. The zero-order valence-electron chi connectivity index (χ0n) is 22.6. The average molecular weight is 536 g/mol. The molecule has 7 nitrogen and oxygen atoms in total. The van der Waals surface area contributed by atoms with Crippen LogP contribution < -0.4 is 5.32 Å². The lowest BCUT2D eigenvalue weighted by molar-refractivity contribution is -0.127. The summed E-state index contributed by atoms with van der Waals surface area (Å²) in [5, 5.41) is 13.1. The third-order valence-electron chi connectivity index (χ3n) is 10.1. The molecule has 39 heavy (non-hydrogen) atoms. The highest BCUT2D eigenvalue weighted by molar-refractivity contribution is 6.05. The minimum Gasteiger partial charge on any atom is -0.515 e. The van der Waals surface area contributed by atoms with E-state index in [1.165, 1.54) is 5.56 Å². The molecule has 3 fully saturated rings. The summed E-state index contributed by atoms with van der Waals surface area (Å²) >= 11 is 0. The number of halogens is 1. The highest BCUT2D eigenvalue weighted by atomic mass is 19.1. The van der Waals surface area contributed by atoms with Gasteiger partial charge in [-0.3, -0.25) is 19.5 Å². The zero-order valence-corrected chi connectivity index (χ0v) is 22.6. The van der Waals surface area contributed by atoms with Crippen LogP contribution in [0.25, 0.3) is 0 Å². The molecule has 0 bridgehead atoms. The number of amides is 1. The summed E-state index contributed by atoms with van der Waals surface area (Å²) < 4.78 is 19.3. The Kier molecular flexibility index (Phi) is 7.18. The van der Waals surface area contributed by atoms with Gasteiger partial charge in [0.25, 0.3) is 0 Å². The van der Waals surface area contributed by atoms with E-state index in [2.05, 4.69) is 21.3 Å². The fourth-order valence-corrected chi connectivity index (χ4v) is 8.22. The minimum atomic E-state index is -0.543. The number of aliphatic hydroxyl groups excluding tert-OH is 1. The van der Waals surface area contributed by atoms with Crippen LogP contribution in [0.3, 0.4) is 0 Å². The SMILES string of the molecule is C[C@]12CCC3c4ccc(F)cc4CCC3C1[C@H](CCC(=O)NC1=NCC(N3CCOCC3)C=C1)/C(=C/O)C2=O. The van der Waals surface area contributed by atoms with Crippen molar-refractivity contribution < 1.29 is 23.8 Å². The molecule has 6 rings (SSSR count). The number of hydrogen-bond acceptors (Lipinski definition) is 6. The molecule has 1 aromatic rings. The van der Waals surface area contributed by atoms with E-state index in [4.69, 9.17) is 4.74 Å². The van der Waals surface area contributed by atoms with Crippen molar-refractivity contribution in [3.8, 4) is 0 Å². The molecule has 5 aliphatic rings. The van der Waals surface area contributed by atoms with E-state index >= 15 is 0 Å². The number of amidine groups is 1. The normalized spacial score (nSPS) is 35.2. The van der Waals surface area contributed by atoms with Gasteiger partial charge in [-0.25, -0.2) is 4.39 Å². The number of dihydropyridines is 1. The minimum absolute atomic E-state index is 0.0255. The second kappa shape index (κ2) is 10.6. The summed E-state index contributed by atoms with van der Waals surface area (Å²) in [4.78, 5) is 33.5. The van der Waals surface area contributed by atoms with Crippen molar-refractivity contribution in [3.63, 3.8) is 0 Å². The Morgan fingerprint density at radius 1 is 1.31 bits per heavy atom. The number of morpholine rings is 1. The first-order valence-electron chi connectivity index (χ1n) is 14.4. The van der Waals surface area contributed by atoms with Gasteiger partial charge in [-0.1, -0.05) is 19.1 Å². The zero-order chi connectivity index (χ0) is 27.1. The van der Waals surface area contributed by atoms with Gasteiger partial charge in [0.05, 0.1) is 26.0 Å². The molecule has 2 heterocycles. The first-order chi connectivity index (χ1) is 18.9. The molecule has 2 saturated carbocycles. The molecular weight excluding hydrogens is 497 g/mol. The Morgan fingerprint density at radius 2 is 2.13 bits per heavy atom. The largest absolute Gasteiger partial charge is 0.515 e. The highest BCUT2D eigenvalue weighted by Crippen LogP contribution is 2.63. The lowest BCUT2D eigenvalue weighted by atomic mass is 9.54. The van der Waals surface area contributed by atoms with Gasteiger partial charge in [-0.05, 0) is 85.1 Å². The standard InChI is InChI=1S/C31H38FN3O4/c1-31-11-10-23-22-6-3-20(32)16-19(22)2-5-24(23)29(31)25(26(18-36)30(31)38)7-9-28(37)34-27-8-4-21(17-33-27)35-12-14-39-15-13-35/h3-4,6,8,16,18,21,23-25,29,36H,2,5,7,9-15,17H2,1H3,(H,33,34,37)/b26-18-/t21?,23?,24?,25-,29?,31+/m1/s1. The van der Waals surface area contributed by atoms with Gasteiger partial charge in [0.1, 0.15) is 11.7 Å². The predicted octanol–water partition coefficient (Wildman–Crippen LogP) is 4.09. The van der Waals surface area contributed by atoms with Crippen LogP contribution in [-0.2, 0) is 20.7 Å². The molecule has 3 aliphatic carbocycles. The molecule has 6 atom stereocenters. The topological polar surface area (TPSA) is 91.2 Å². The highest BCUT2D eigenvalue weighted by Gasteiger charge is 2.60. The number of ketones is 1. The van der Waals surface area contributed by atoms with Crippen LogP contribution in [0.1, 0.15) is 56.1 Å². The molecule has 0 aromatic heterocycles. The average Bonchev–Trinajstić information content (AvgIpc) is 3.18. The fraction of sp³-hybridized carbons (Fsp3) is 0.581. The fourth-order valence-electron chi connectivity index (χ4n) is 8.22. The number of aliphatic hydroxyl groups is 1. The Labute approximate surface area is 229 Å². The molecule has 0 spiro atoms. The molecule has 1 amide bonds. The lowest BCUT2D eigenvalue weighted by Gasteiger charge is -2.49. The van der Waals surface area contributed by atoms with Gasteiger partial charge < -0.3 is 15.2 Å². The number of Topliss-reactive ketones (excluding diaryl/α,β-unsaturated/α-hetero) is 1.